The van der Waals surface area contributed by atoms with Gasteiger partial charge < -0.3 is 16.2 Å². The van der Waals surface area contributed by atoms with E-state index in [1.54, 1.807) is 0 Å². The largest absolute Gasteiger partial charge is 0.481 e. The molecule has 1 heterocycles. The second-order valence-corrected chi connectivity index (χ2v) is 3.81. The molecule has 80 valence electrons. The first-order valence-electron chi connectivity index (χ1n) is 5.04. The van der Waals surface area contributed by atoms with Crippen molar-refractivity contribution in [2.45, 2.75) is 19.3 Å². The first-order valence-corrected chi connectivity index (χ1v) is 5.04. The molecule has 0 bridgehead atoms. The molecular weight excluding hydrogens is 192 g/mol. The van der Waals surface area contributed by atoms with E-state index in [1.165, 1.54) is 5.56 Å². The molecule has 0 radical (unpaired) electrons. The van der Waals surface area contributed by atoms with Crippen LogP contribution in [0.3, 0.4) is 0 Å². The lowest BCUT2D eigenvalue weighted by molar-refractivity contribution is -0.136. The quantitative estimate of drug-likeness (QED) is 0.637. The molecule has 0 saturated carbocycles. The van der Waals surface area contributed by atoms with E-state index < -0.39 is 5.97 Å². The molecule has 0 unspecified atom stereocenters. The van der Waals surface area contributed by atoms with E-state index in [1.807, 2.05) is 12.1 Å². The van der Waals surface area contributed by atoms with Crippen molar-refractivity contribution in [2.75, 3.05) is 17.6 Å². The Hall–Kier alpha value is -1.71. The highest BCUT2D eigenvalue weighted by Crippen LogP contribution is 2.27. The maximum absolute atomic E-state index is 10.6. The Labute approximate surface area is 88.1 Å². The molecule has 0 aromatic heterocycles. The first-order chi connectivity index (χ1) is 7.16. The molecule has 1 aliphatic heterocycles. The predicted octanol–water partition coefficient (Wildman–Crippen LogP) is 1.25. The second-order valence-electron chi connectivity index (χ2n) is 3.81. The molecule has 0 fully saturated rings. The molecule has 1 aliphatic rings. The van der Waals surface area contributed by atoms with Crippen LogP contribution in [0.1, 0.15) is 17.5 Å². The lowest BCUT2D eigenvalue weighted by Crippen LogP contribution is -2.13. The Morgan fingerprint density at radius 3 is 3.07 bits per heavy atom. The van der Waals surface area contributed by atoms with Crippen molar-refractivity contribution in [3.05, 3.63) is 23.3 Å². The monoisotopic (exact) mass is 206 g/mol. The molecule has 0 saturated heterocycles. The standard InChI is InChI=1S/C11H14N2O2/c12-9-6-10-7(2-1-3-13-10)4-8(9)5-11(14)15/h4,6,13H,1-3,5,12H2,(H,14,15). The number of carboxylic acid groups (broad SMARTS) is 1. The average Bonchev–Trinajstić information content (AvgIpc) is 2.18. The summed E-state index contributed by atoms with van der Waals surface area (Å²) in [5, 5.41) is 12.0. The van der Waals surface area contributed by atoms with Crippen LogP contribution in [-0.2, 0) is 17.6 Å². The molecular formula is C11H14N2O2. The normalized spacial score (nSPS) is 14.1. The van der Waals surface area contributed by atoms with E-state index in [9.17, 15) is 4.79 Å². The summed E-state index contributed by atoms with van der Waals surface area (Å²) < 4.78 is 0. The molecule has 0 amide bonds. The van der Waals surface area contributed by atoms with E-state index in [2.05, 4.69) is 5.32 Å². The van der Waals surface area contributed by atoms with Gasteiger partial charge in [0.2, 0.25) is 0 Å². The van der Waals surface area contributed by atoms with Crippen LogP contribution < -0.4 is 11.1 Å². The van der Waals surface area contributed by atoms with Crippen LogP contribution in [0.4, 0.5) is 11.4 Å². The lowest BCUT2D eigenvalue weighted by atomic mass is 9.98. The molecule has 0 spiro atoms. The van der Waals surface area contributed by atoms with Gasteiger partial charge in [-0.05, 0) is 30.0 Å². The fourth-order valence-corrected chi connectivity index (χ4v) is 1.90. The smallest absolute Gasteiger partial charge is 0.307 e. The van der Waals surface area contributed by atoms with Gasteiger partial charge in [-0.2, -0.15) is 0 Å². The number of nitrogens with two attached hydrogens (primary N) is 1. The van der Waals surface area contributed by atoms with Crippen LogP contribution in [0.25, 0.3) is 0 Å². The number of benzene rings is 1. The van der Waals surface area contributed by atoms with E-state index in [4.69, 9.17) is 10.8 Å². The Morgan fingerprint density at radius 2 is 2.33 bits per heavy atom. The summed E-state index contributed by atoms with van der Waals surface area (Å²) >= 11 is 0. The SMILES string of the molecule is Nc1cc2c(cc1CC(=O)O)CCCN2. The first kappa shape index (κ1) is 9.83. The minimum Gasteiger partial charge on any atom is -0.481 e. The van der Waals surface area contributed by atoms with Crippen LogP contribution in [0.2, 0.25) is 0 Å². The van der Waals surface area contributed by atoms with Gasteiger partial charge in [-0.1, -0.05) is 6.07 Å². The third-order valence-electron chi connectivity index (χ3n) is 2.65. The van der Waals surface area contributed by atoms with Crippen molar-refractivity contribution in [3.8, 4) is 0 Å². The van der Waals surface area contributed by atoms with Gasteiger partial charge in [-0.25, -0.2) is 0 Å². The maximum atomic E-state index is 10.6. The number of nitrogen functional groups attached to an aromatic ring is 1. The van der Waals surface area contributed by atoms with Gasteiger partial charge in [0, 0.05) is 17.9 Å². The molecule has 2 rings (SSSR count). The third kappa shape index (κ3) is 2.03. The molecule has 1 aromatic carbocycles. The molecule has 4 nitrogen and oxygen atoms in total. The average molecular weight is 206 g/mol. The van der Waals surface area contributed by atoms with Gasteiger partial charge in [-0.15, -0.1) is 0 Å². The lowest BCUT2D eigenvalue weighted by Gasteiger charge is -2.19. The van der Waals surface area contributed by atoms with Gasteiger partial charge in [0.25, 0.3) is 0 Å². The number of nitrogens with one attached hydrogen (secondary N) is 1. The maximum Gasteiger partial charge on any atom is 0.307 e. The number of aryl methyl sites for hydroxylation is 1. The van der Waals surface area contributed by atoms with Gasteiger partial charge >= 0.3 is 5.97 Å². The molecule has 0 aliphatic carbocycles. The van der Waals surface area contributed by atoms with Crippen molar-refractivity contribution in [1.29, 1.82) is 0 Å². The highest BCUT2D eigenvalue weighted by molar-refractivity contribution is 5.75. The minimum atomic E-state index is -0.842. The fourth-order valence-electron chi connectivity index (χ4n) is 1.90. The zero-order valence-corrected chi connectivity index (χ0v) is 8.42. The summed E-state index contributed by atoms with van der Waals surface area (Å²) in [6.45, 7) is 0.963. The Bertz CT molecular complexity index is 402. The Balaban J connectivity index is 2.36. The summed E-state index contributed by atoms with van der Waals surface area (Å²) in [6, 6.07) is 3.75. The van der Waals surface area contributed by atoms with Crippen molar-refractivity contribution >= 4 is 17.3 Å². The van der Waals surface area contributed by atoms with Crippen molar-refractivity contribution in [2.24, 2.45) is 0 Å². The van der Waals surface area contributed by atoms with Gasteiger partial charge in [-0.3, -0.25) is 4.79 Å². The van der Waals surface area contributed by atoms with Crippen LogP contribution >= 0.6 is 0 Å². The number of hydrogen-bond donors (Lipinski definition) is 3. The Kier molecular flexibility index (Phi) is 2.49. The fraction of sp³-hybridized carbons (Fsp3) is 0.364. The second kappa shape index (κ2) is 3.81. The Morgan fingerprint density at radius 1 is 1.53 bits per heavy atom. The van der Waals surface area contributed by atoms with Crippen LogP contribution in [0, 0.1) is 0 Å². The summed E-state index contributed by atoms with van der Waals surface area (Å²) in [5.74, 6) is -0.842. The third-order valence-corrected chi connectivity index (χ3v) is 2.65. The highest BCUT2D eigenvalue weighted by Gasteiger charge is 2.13. The number of aliphatic carboxylic acids is 1. The zero-order chi connectivity index (χ0) is 10.8. The minimum absolute atomic E-state index is 0.000880. The van der Waals surface area contributed by atoms with E-state index in [-0.39, 0.29) is 6.42 Å². The van der Waals surface area contributed by atoms with Crippen LogP contribution in [0.5, 0.6) is 0 Å². The number of anilines is 2. The number of hydrogen-bond acceptors (Lipinski definition) is 3. The zero-order valence-electron chi connectivity index (χ0n) is 8.42. The van der Waals surface area contributed by atoms with Gasteiger partial charge in [0.1, 0.15) is 0 Å². The molecule has 4 heteroatoms. The number of carboxylic acids is 1. The number of fused-ring (bicyclic) bond motifs is 1. The van der Waals surface area contributed by atoms with Crippen LogP contribution in [-0.4, -0.2) is 17.6 Å². The molecule has 4 N–H and O–H groups in total. The van der Waals surface area contributed by atoms with Crippen molar-refractivity contribution in [3.63, 3.8) is 0 Å². The summed E-state index contributed by atoms with van der Waals surface area (Å²) in [7, 11) is 0. The van der Waals surface area contributed by atoms with Gasteiger partial charge in [0.05, 0.1) is 6.42 Å². The molecule has 0 atom stereocenters. The molecule has 1 aromatic rings. The topological polar surface area (TPSA) is 75.4 Å². The summed E-state index contributed by atoms with van der Waals surface area (Å²) in [5.41, 5.74) is 9.29. The summed E-state index contributed by atoms with van der Waals surface area (Å²) in [6.07, 6.45) is 2.08. The number of rotatable bonds is 2. The highest BCUT2D eigenvalue weighted by atomic mass is 16.4. The van der Waals surface area contributed by atoms with E-state index >= 15 is 0 Å². The van der Waals surface area contributed by atoms with Crippen molar-refractivity contribution < 1.29 is 9.90 Å². The predicted molar refractivity (Wildman–Crippen MR) is 59.0 cm³/mol. The van der Waals surface area contributed by atoms with Crippen LogP contribution in [0.15, 0.2) is 12.1 Å². The van der Waals surface area contributed by atoms with Crippen molar-refractivity contribution in [1.82, 2.24) is 0 Å². The number of carbonyl (C=O) groups is 1. The van der Waals surface area contributed by atoms with E-state index in [0.717, 1.165) is 25.1 Å². The molecule has 15 heavy (non-hydrogen) atoms. The van der Waals surface area contributed by atoms with E-state index in [0.29, 0.717) is 11.3 Å². The van der Waals surface area contributed by atoms with Gasteiger partial charge in [0.15, 0.2) is 0 Å². The summed E-state index contributed by atoms with van der Waals surface area (Å²) in [4.78, 5) is 10.6.